The average molecular weight is 421 g/mol. The maximum Gasteiger partial charge on any atom is 0.241 e. The van der Waals surface area contributed by atoms with E-state index in [0.29, 0.717) is 18.5 Å². The minimum absolute atomic E-state index is 0.0426. The van der Waals surface area contributed by atoms with Gasteiger partial charge in [-0.15, -0.1) is 0 Å². The van der Waals surface area contributed by atoms with Crippen LogP contribution in [0, 0.1) is 6.92 Å². The lowest BCUT2D eigenvalue weighted by Gasteiger charge is -2.34. The van der Waals surface area contributed by atoms with E-state index in [1.54, 1.807) is 23.4 Å². The smallest absolute Gasteiger partial charge is 0.241 e. The van der Waals surface area contributed by atoms with Crippen molar-refractivity contribution in [1.82, 2.24) is 14.8 Å². The van der Waals surface area contributed by atoms with Crippen molar-refractivity contribution >= 4 is 17.7 Å². The van der Waals surface area contributed by atoms with Gasteiger partial charge >= 0.3 is 0 Å². The first-order valence-electron chi connectivity index (χ1n) is 10.7. The Morgan fingerprint density at radius 2 is 2.03 bits per heavy atom. The number of imide groups is 1. The fourth-order valence-electron chi connectivity index (χ4n) is 4.74. The number of piperidine rings is 1. The van der Waals surface area contributed by atoms with Crippen LogP contribution in [0.4, 0.5) is 0 Å². The molecule has 0 radical (unpaired) electrons. The number of benzene rings is 1. The van der Waals surface area contributed by atoms with Crippen molar-refractivity contribution in [3.05, 3.63) is 65.5 Å². The number of pyridine rings is 1. The Morgan fingerprint density at radius 3 is 2.74 bits per heavy atom. The number of hydrogen-bond donors (Lipinski definition) is 1. The van der Waals surface area contributed by atoms with Crippen LogP contribution in [0.2, 0.25) is 0 Å². The number of aromatic nitrogens is 1. The predicted molar refractivity (Wildman–Crippen MR) is 114 cm³/mol. The van der Waals surface area contributed by atoms with Crippen molar-refractivity contribution in [2.24, 2.45) is 0 Å². The highest BCUT2D eigenvalue weighted by Gasteiger charge is 2.54. The van der Waals surface area contributed by atoms with Crippen molar-refractivity contribution in [2.75, 3.05) is 13.1 Å². The number of carbonyl (C=O) groups excluding carboxylic acids is 3. The van der Waals surface area contributed by atoms with Gasteiger partial charge in [-0.1, -0.05) is 30.3 Å². The molecule has 0 saturated carbocycles. The Balaban J connectivity index is 1.68. The summed E-state index contributed by atoms with van der Waals surface area (Å²) in [7, 11) is 0. The zero-order chi connectivity index (χ0) is 22.0. The fourth-order valence-corrected chi connectivity index (χ4v) is 4.74. The zero-order valence-electron chi connectivity index (χ0n) is 17.7. The maximum absolute atomic E-state index is 13.7. The Morgan fingerprint density at radius 1 is 1.23 bits per heavy atom. The molecule has 0 spiro atoms. The van der Waals surface area contributed by atoms with Gasteiger partial charge in [0.1, 0.15) is 0 Å². The van der Waals surface area contributed by atoms with Crippen molar-refractivity contribution in [1.29, 1.82) is 0 Å². The molecule has 0 aliphatic carbocycles. The van der Waals surface area contributed by atoms with E-state index in [1.165, 1.54) is 4.90 Å². The SMILES string of the molecule is Cc1ccccc1C1(CC(=O)N2CCCC(O)C2)CC(=O)N(Cc2cccnc2)C1=O. The molecular formula is C24H27N3O4. The van der Waals surface area contributed by atoms with Gasteiger partial charge in [0.05, 0.1) is 18.1 Å². The molecule has 2 saturated heterocycles. The Labute approximate surface area is 181 Å². The van der Waals surface area contributed by atoms with E-state index in [9.17, 15) is 19.5 Å². The minimum Gasteiger partial charge on any atom is -0.391 e. The molecule has 2 fully saturated rings. The Hall–Kier alpha value is -3.06. The van der Waals surface area contributed by atoms with Crippen molar-refractivity contribution in [3.8, 4) is 0 Å². The fraction of sp³-hybridized carbons (Fsp3) is 0.417. The summed E-state index contributed by atoms with van der Waals surface area (Å²) in [6.07, 6.45) is 4.00. The maximum atomic E-state index is 13.7. The van der Waals surface area contributed by atoms with Gasteiger partial charge in [0, 0.05) is 38.3 Å². The number of β-amino-alcohol motifs (C(OH)–C–C–N with tert-alkyl or cyclic N) is 1. The summed E-state index contributed by atoms with van der Waals surface area (Å²) < 4.78 is 0. The lowest BCUT2D eigenvalue weighted by Crippen LogP contribution is -2.47. The lowest BCUT2D eigenvalue weighted by molar-refractivity contribution is -0.144. The molecule has 7 nitrogen and oxygen atoms in total. The van der Waals surface area contributed by atoms with Crippen LogP contribution in [-0.2, 0) is 26.3 Å². The van der Waals surface area contributed by atoms with Crippen LogP contribution in [0.15, 0.2) is 48.8 Å². The van der Waals surface area contributed by atoms with Crippen LogP contribution in [-0.4, -0.2) is 56.8 Å². The first-order valence-corrected chi connectivity index (χ1v) is 10.7. The zero-order valence-corrected chi connectivity index (χ0v) is 17.7. The molecule has 2 atom stereocenters. The van der Waals surface area contributed by atoms with Gasteiger partial charge in [-0.2, -0.15) is 0 Å². The normalized spacial score (nSPS) is 24.0. The number of hydrogen-bond acceptors (Lipinski definition) is 5. The van der Waals surface area contributed by atoms with E-state index in [-0.39, 0.29) is 43.7 Å². The highest BCUT2D eigenvalue weighted by Crippen LogP contribution is 2.42. The van der Waals surface area contributed by atoms with E-state index < -0.39 is 11.5 Å². The molecule has 162 valence electrons. The summed E-state index contributed by atoms with van der Waals surface area (Å²) in [6, 6.07) is 11.0. The second kappa shape index (κ2) is 8.59. The van der Waals surface area contributed by atoms with Gasteiger partial charge in [-0.05, 0) is 42.5 Å². The van der Waals surface area contributed by atoms with Gasteiger partial charge in [-0.3, -0.25) is 24.3 Å². The third-order valence-corrected chi connectivity index (χ3v) is 6.33. The highest BCUT2D eigenvalue weighted by atomic mass is 16.3. The molecule has 31 heavy (non-hydrogen) atoms. The monoisotopic (exact) mass is 421 g/mol. The number of amides is 3. The molecule has 1 aromatic carbocycles. The number of rotatable bonds is 5. The summed E-state index contributed by atoms with van der Waals surface area (Å²) in [5.41, 5.74) is 1.12. The molecule has 1 N–H and O–H groups in total. The minimum atomic E-state index is -1.23. The molecule has 2 aromatic rings. The first-order chi connectivity index (χ1) is 14.9. The molecule has 4 rings (SSSR count). The number of aryl methyl sites for hydroxylation is 1. The summed E-state index contributed by atoms with van der Waals surface area (Å²) in [4.78, 5) is 46.9. The summed E-state index contributed by atoms with van der Waals surface area (Å²) >= 11 is 0. The molecule has 2 aliphatic rings. The molecule has 2 unspecified atom stereocenters. The molecule has 0 bridgehead atoms. The van der Waals surface area contributed by atoms with Gasteiger partial charge in [0.15, 0.2) is 0 Å². The quantitative estimate of drug-likeness (QED) is 0.746. The molecule has 2 aliphatic heterocycles. The molecule has 3 heterocycles. The van der Waals surface area contributed by atoms with Gasteiger partial charge < -0.3 is 10.0 Å². The standard InChI is InChI=1S/C24H27N3O4/c1-17-6-2-3-9-20(17)24(12-21(29)26-11-5-8-19(28)16-26)13-22(30)27(23(24)31)15-18-7-4-10-25-14-18/h2-4,6-7,9-10,14,19,28H,5,8,11-13,15-16H2,1H3. The van der Waals surface area contributed by atoms with E-state index >= 15 is 0 Å². The Kier molecular flexibility index (Phi) is 5.87. The summed E-state index contributed by atoms with van der Waals surface area (Å²) in [5, 5.41) is 9.99. The third-order valence-electron chi connectivity index (χ3n) is 6.33. The van der Waals surface area contributed by atoms with Crippen LogP contribution >= 0.6 is 0 Å². The summed E-state index contributed by atoms with van der Waals surface area (Å²) in [5.74, 6) is -0.837. The van der Waals surface area contributed by atoms with Gasteiger partial charge in [0.2, 0.25) is 17.7 Å². The van der Waals surface area contributed by atoms with Crippen molar-refractivity contribution in [3.63, 3.8) is 0 Å². The second-order valence-corrected chi connectivity index (χ2v) is 8.53. The first kappa shape index (κ1) is 21.2. The topological polar surface area (TPSA) is 90.8 Å². The second-order valence-electron chi connectivity index (χ2n) is 8.53. The number of carbonyl (C=O) groups is 3. The molecular weight excluding hydrogens is 394 g/mol. The lowest BCUT2D eigenvalue weighted by atomic mass is 9.73. The highest BCUT2D eigenvalue weighted by molar-refractivity contribution is 6.10. The van der Waals surface area contributed by atoms with Crippen LogP contribution in [0.1, 0.15) is 42.4 Å². The predicted octanol–water partition coefficient (Wildman–Crippen LogP) is 1.96. The molecule has 3 amide bonds. The van der Waals surface area contributed by atoms with Gasteiger partial charge in [0.25, 0.3) is 0 Å². The van der Waals surface area contributed by atoms with Crippen LogP contribution in [0.3, 0.4) is 0 Å². The average Bonchev–Trinajstić information content (AvgIpc) is 2.99. The third kappa shape index (κ3) is 4.10. The molecule has 1 aromatic heterocycles. The number of aliphatic hydroxyl groups is 1. The van der Waals surface area contributed by atoms with Crippen molar-refractivity contribution < 1.29 is 19.5 Å². The number of likely N-dealkylation sites (tertiary alicyclic amines) is 2. The number of aliphatic hydroxyl groups excluding tert-OH is 1. The van der Waals surface area contributed by atoms with Crippen molar-refractivity contribution in [2.45, 2.75) is 50.7 Å². The summed E-state index contributed by atoms with van der Waals surface area (Å²) in [6.45, 7) is 2.86. The Bertz CT molecular complexity index is 993. The van der Waals surface area contributed by atoms with Gasteiger partial charge in [-0.25, -0.2) is 0 Å². The van der Waals surface area contributed by atoms with Crippen LogP contribution in [0.25, 0.3) is 0 Å². The van der Waals surface area contributed by atoms with E-state index in [2.05, 4.69) is 4.98 Å². The largest absolute Gasteiger partial charge is 0.391 e. The van der Waals surface area contributed by atoms with E-state index in [1.807, 2.05) is 37.3 Å². The van der Waals surface area contributed by atoms with E-state index in [0.717, 1.165) is 17.5 Å². The number of nitrogens with zero attached hydrogens (tertiary/aromatic N) is 3. The van der Waals surface area contributed by atoms with Crippen LogP contribution in [0.5, 0.6) is 0 Å². The molecule has 7 heteroatoms. The van der Waals surface area contributed by atoms with E-state index in [4.69, 9.17) is 0 Å². The van der Waals surface area contributed by atoms with Crippen LogP contribution < -0.4 is 0 Å².